The number of fused-ring (bicyclic) bond motifs is 1. The van der Waals surface area contributed by atoms with E-state index in [0.717, 1.165) is 4.90 Å². The molecule has 0 saturated carbocycles. The Labute approximate surface area is 208 Å². The number of carbonyl (C=O) groups is 1. The third-order valence-corrected chi connectivity index (χ3v) is 6.21. The molecular weight excluding hydrogens is 501 g/mol. The van der Waals surface area contributed by atoms with Crippen molar-refractivity contribution in [3.05, 3.63) is 59.4 Å². The Morgan fingerprint density at radius 2 is 1.89 bits per heavy atom. The minimum absolute atomic E-state index is 0.00949. The van der Waals surface area contributed by atoms with E-state index in [1.54, 1.807) is 29.2 Å². The van der Waals surface area contributed by atoms with Crippen LogP contribution < -0.4 is 9.64 Å². The largest absolute Gasteiger partial charge is 0.497 e. The first kappa shape index (κ1) is 23.9. The zero-order chi connectivity index (χ0) is 25.4. The molecule has 0 bridgehead atoms. The highest BCUT2D eigenvalue weighted by Gasteiger charge is 2.47. The zero-order valence-electron chi connectivity index (χ0n) is 18.9. The first-order chi connectivity index (χ1) is 17.2. The number of rotatable bonds is 4. The molecule has 2 aromatic heterocycles. The van der Waals surface area contributed by atoms with Crippen LogP contribution >= 0.6 is 11.6 Å². The van der Waals surface area contributed by atoms with Gasteiger partial charge in [0.2, 0.25) is 0 Å². The number of oxazole rings is 1. The Bertz CT molecular complexity index is 1390. The fraction of sp³-hybridized carbons (Fsp3) is 0.304. The number of carbonyl (C=O) groups excluding carboxylic acids is 1. The monoisotopic (exact) mass is 520 g/mol. The molecule has 13 heteroatoms. The van der Waals surface area contributed by atoms with Gasteiger partial charge in [0, 0.05) is 24.7 Å². The van der Waals surface area contributed by atoms with Gasteiger partial charge >= 0.3 is 6.18 Å². The van der Waals surface area contributed by atoms with Gasteiger partial charge in [-0.2, -0.15) is 33.1 Å². The molecule has 0 unspecified atom stereocenters. The summed E-state index contributed by atoms with van der Waals surface area (Å²) in [5.74, 6) is -0.492. The molecule has 1 atom stereocenters. The van der Waals surface area contributed by atoms with E-state index in [0.29, 0.717) is 21.9 Å². The van der Waals surface area contributed by atoms with E-state index in [4.69, 9.17) is 20.8 Å². The normalized spacial score (nSPS) is 16.9. The topological polar surface area (TPSA) is 89.5 Å². The summed E-state index contributed by atoms with van der Waals surface area (Å²) in [6.07, 6.45) is -2.19. The van der Waals surface area contributed by atoms with Crippen LogP contribution in [0.25, 0.3) is 16.8 Å². The summed E-state index contributed by atoms with van der Waals surface area (Å²) in [5.41, 5.74) is 1.19. The first-order valence-electron chi connectivity index (χ1n) is 11.0. The van der Waals surface area contributed by atoms with Crippen LogP contribution in [0.5, 0.6) is 5.75 Å². The molecule has 3 heterocycles. The lowest BCUT2D eigenvalue weighted by Crippen LogP contribution is -2.49. The second-order valence-electron chi connectivity index (χ2n) is 8.14. The number of nitrogens with zero attached hydrogens (tertiary/aromatic N) is 6. The molecule has 1 saturated heterocycles. The van der Waals surface area contributed by atoms with Gasteiger partial charge in [0.1, 0.15) is 17.3 Å². The van der Waals surface area contributed by atoms with E-state index in [-0.39, 0.29) is 43.3 Å². The number of methoxy groups -OCH3 is 1. The molecule has 2 aromatic carbocycles. The quantitative estimate of drug-likeness (QED) is 0.395. The summed E-state index contributed by atoms with van der Waals surface area (Å²) in [6.45, 7) is -0.149. The number of halogens is 4. The van der Waals surface area contributed by atoms with Gasteiger partial charge in [-0.05, 0) is 42.8 Å². The van der Waals surface area contributed by atoms with Crippen LogP contribution in [0.2, 0.25) is 5.02 Å². The Morgan fingerprint density at radius 1 is 1.11 bits per heavy atom. The standard InChI is InChI=1S/C23H20ClF3N6O3/c1-35-15-3-4-18(33-28-7-8-29-33)16(13-15)21(34)32-11-10-31(9-6-20(32)23(25,26)27)22-30-17-12-14(24)2-5-19(17)36-22/h2-5,7-8,12-13,20H,6,9-11H2,1H3/t20-/m0/s1. The van der Waals surface area contributed by atoms with E-state index < -0.39 is 18.1 Å². The molecule has 1 fully saturated rings. The van der Waals surface area contributed by atoms with Crippen LogP contribution in [0.3, 0.4) is 0 Å². The Kier molecular flexibility index (Phi) is 6.20. The van der Waals surface area contributed by atoms with Crippen molar-refractivity contribution in [1.29, 1.82) is 0 Å². The summed E-state index contributed by atoms with van der Waals surface area (Å²) in [7, 11) is 1.41. The summed E-state index contributed by atoms with van der Waals surface area (Å²) < 4.78 is 53.5. The summed E-state index contributed by atoms with van der Waals surface area (Å²) in [4.78, 5) is 21.6. The molecule has 5 rings (SSSR count). The van der Waals surface area contributed by atoms with Crippen molar-refractivity contribution in [2.24, 2.45) is 0 Å². The van der Waals surface area contributed by atoms with Crippen molar-refractivity contribution in [3.63, 3.8) is 0 Å². The maximum Gasteiger partial charge on any atom is 0.408 e. The summed E-state index contributed by atoms with van der Waals surface area (Å²) in [5, 5.41) is 8.52. The van der Waals surface area contributed by atoms with E-state index >= 15 is 0 Å². The number of ether oxygens (including phenoxy) is 1. The summed E-state index contributed by atoms with van der Waals surface area (Å²) in [6, 6.07) is 7.56. The van der Waals surface area contributed by atoms with Crippen LogP contribution in [0.15, 0.2) is 53.2 Å². The molecule has 0 radical (unpaired) electrons. The highest BCUT2D eigenvalue weighted by Crippen LogP contribution is 2.33. The van der Waals surface area contributed by atoms with Crippen molar-refractivity contribution >= 4 is 34.6 Å². The minimum atomic E-state index is -4.65. The maximum atomic E-state index is 14.2. The number of benzene rings is 2. The fourth-order valence-corrected chi connectivity index (χ4v) is 4.38. The number of hydrogen-bond donors (Lipinski definition) is 0. The predicted molar refractivity (Wildman–Crippen MR) is 125 cm³/mol. The van der Waals surface area contributed by atoms with Gasteiger partial charge < -0.3 is 19.0 Å². The Morgan fingerprint density at radius 3 is 2.61 bits per heavy atom. The predicted octanol–water partition coefficient (Wildman–Crippen LogP) is 4.35. The van der Waals surface area contributed by atoms with Crippen molar-refractivity contribution in [3.8, 4) is 11.4 Å². The lowest BCUT2D eigenvalue weighted by molar-refractivity contribution is -0.176. The minimum Gasteiger partial charge on any atom is -0.497 e. The van der Waals surface area contributed by atoms with E-state index in [2.05, 4.69) is 15.2 Å². The van der Waals surface area contributed by atoms with Crippen LogP contribution in [-0.2, 0) is 0 Å². The number of hydrogen-bond acceptors (Lipinski definition) is 7. The van der Waals surface area contributed by atoms with Gasteiger partial charge in [0.05, 0.1) is 30.8 Å². The van der Waals surface area contributed by atoms with E-state index in [1.165, 1.54) is 36.4 Å². The van der Waals surface area contributed by atoms with Crippen LogP contribution in [0, 0.1) is 0 Å². The zero-order valence-corrected chi connectivity index (χ0v) is 19.7. The van der Waals surface area contributed by atoms with Gasteiger partial charge in [-0.25, -0.2) is 0 Å². The van der Waals surface area contributed by atoms with Gasteiger partial charge in [-0.15, -0.1) is 0 Å². The molecular formula is C23H20ClF3N6O3. The lowest BCUT2D eigenvalue weighted by atomic mass is 10.1. The molecule has 36 heavy (non-hydrogen) atoms. The molecule has 1 amide bonds. The van der Waals surface area contributed by atoms with Crippen molar-refractivity contribution < 1.29 is 27.1 Å². The highest BCUT2D eigenvalue weighted by molar-refractivity contribution is 6.31. The molecule has 0 spiro atoms. The second kappa shape index (κ2) is 9.34. The van der Waals surface area contributed by atoms with Crippen LogP contribution in [0.1, 0.15) is 16.8 Å². The van der Waals surface area contributed by atoms with Gasteiger partial charge in [0.15, 0.2) is 5.58 Å². The van der Waals surface area contributed by atoms with Gasteiger partial charge in [-0.1, -0.05) is 11.6 Å². The molecule has 9 nitrogen and oxygen atoms in total. The van der Waals surface area contributed by atoms with Gasteiger partial charge in [0.25, 0.3) is 11.9 Å². The number of alkyl halides is 3. The molecule has 0 N–H and O–H groups in total. The summed E-state index contributed by atoms with van der Waals surface area (Å²) >= 11 is 6.01. The Hall–Kier alpha value is -3.80. The average Bonchev–Trinajstić information content (AvgIpc) is 3.47. The Balaban J connectivity index is 1.49. The average molecular weight is 521 g/mol. The third-order valence-electron chi connectivity index (χ3n) is 5.98. The first-order valence-corrected chi connectivity index (χ1v) is 11.4. The molecule has 4 aromatic rings. The van der Waals surface area contributed by atoms with Gasteiger partial charge in [-0.3, -0.25) is 4.79 Å². The third kappa shape index (κ3) is 4.55. The van der Waals surface area contributed by atoms with Crippen molar-refractivity contribution in [1.82, 2.24) is 24.9 Å². The number of amides is 1. The van der Waals surface area contributed by atoms with Crippen LogP contribution in [0.4, 0.5) is 19.2 Å². The van der Waals surface area contributed by atoms with E-state index in [9.17, 15) is 18.0 Å². The molecule has 0 aliphatic carbocycles. The second-order valence-corrected chi connectivity index (χ2v) is 8.58. The molecule has 1 aliphatic heterocycles. The smallest absolute Gasteiger partial charge is 0.408 e. The van der Waals surface area contributed by atoms with Crippen LogP contribution in [-0.4, -0.2) is 69.7 Å². The van der Waals surface area contributed by atoms with E-state index in [1.807, 2.05) is 0 Å². The van der Waals surface area contributed by atoms with Crippen molar-refractivity contribution in [2.45, 2.75) is 18.6 Å². The lowest BCUT2D eigenvalue weighted by Gasteiger charge is -2.31. The highest BCUT2D eigenvalue weighted by atomic mass is 35.5. The molecule has 1 aliphatic rings. The SMILES string of the molecule is COc1ccc(-n2nccn2)c(C(=O)N2CCN(c3nc4cc(Cl)ccc4o3)CC[C@H]2C(F)(F)F)c1. The number of anilines is 1. The maximum absolute atomic E-state index is 14.2. The fourth-order valence-electron chi connectivity index (χ4n) is 4.21. The number of aromatic nitrogens is 4. The molecule has 188 valence electrons. The van der Waals surface area contributed by atoms with Crippen molar-refractivity contribution in [2.75, 3.05) is 31.6 Å².